The Kier molecular flexibility index (Phi) is 14.0. The number of rotatable bonds is 15. The molecule has 0 saturated heterocycles. The Balaban J connectivity index is 2.64. The van der Waals surface area contributed by atoms with Crippen LogP contribution >= 0.6 is 0 Å². The normalized spacial score (nSPS) is 15.8. The summed E-state index contributed by atoms with van der Waals surface area (Å²) < 4.78 is 13.0. The minimum Gasteiger partial charge on any atom is -0.414 e. The number of aliphatic hydroxyl groups excluding tert-OH is 1. The summed E-state index contributed by atoms with van der Waals surface area (Å²) >= 11 is 0. The Morgan fingerprint density at radius 1 is 1.00 bits per heavy atom. The zero-order chi connectivity index (χ0) is 30.8. The molecular weight excluding hydrogens is 529 g/mol. The lowest BCUT2D eigenvalue weighted by atomic mass is 9.98. The number of hydrogen-bond donors (Lipinski definition) is 1. The first-order valence-electron chi connectivity index (χ1n) is 14.7. The molecule has 0 aliphatic heterocycles. The summed E-state index contributed by atoms with van der Waals surface area (Å²) in [5.41, 5.74) is 1.64. The van der Waals surface area contributed by atoms with Crippen molar-refractivity contribution in [2.45, 2.75) is 135 Å². The van der Waals surface area contributed by atoms with Crippen LogP contribution in [0.3, 0.4) is 0 Å². The standard InChI is InChI=1S/C34H56O4Si2/c1-13-20-32(38-40(11,12)34(6,7)8)29-23-19-22-28(25-29)31(36)26-30(35)24-18-16-14-15-17-21-27(2)37-39(9,10)33(3,4)5/h1,14,16,18-19,22-25,27,31-32,36H,15,17,20-21,26H2,2-12H3/b16-14+,24-18+/t27-,31-,32+/m1/s1. The van der Waals surface area contributed by atoms with Crippen molar-refractivity contribution in [2.24, 2.45) is 0 Å². The maximum Gasteiger partial charge on any atom is 0.192 e. The number of carbonyl (C=O) groups excluding carboxylic acids is 1. The van der Waals surface area contributed by atoms with E-state index in [4.69, 9.17) is 15.3 Å². The zero-order valence-electron chi connectivity index (χ0n) is 27.1. The lowest BCUT2D eigenvalue weighted by Crippen LogP contribution is -2.43. The molecule has 224 valence electrons. The number of carbonyl (C=O) groups is 1. The van der Waals surface area contributed by atoms with E-state index < -0.39 is 22.7 Å². The Morgan fingerprint density at radius 2 is 1.57 bits per heavy atom. The fourth-order valence-electron chi connectivity index (χ4n) is 3.81. The van der Waals surface area contributed by atoms with Gasteiger partial charge < -0.3 is 14.0 Å². The minimum absolute atomic E-state index is 0.0268. The van der Waals surface area contributed by atoms with E-state index in [0.29, 0.717) is 12.0 Å². The Hall–Kier alpha value is -1.76. The molecule has 4 nitrogen and oxygen atoms in total. The van der Waals surface area contributed by atoms with Gasteiger partial charge in [-0.25, -0.2) is 0 Å². The molecule has 1 aromatic rings. The third-order valence-corrected chi connectivity index (χ3v) is 17.5. The second-order valence-electron chi connectivity index (χ2n) is 14.0. The highest BCUT2D eigenvalue weighted by molar-refractivity contribution is 6.74. The van der Waals surface area contributed by atoms with Gasteiger partial charge in [0.05, 0.1) is 12.2 Å². The third-order valence-electron chi connectivity index (χ3n) is 8.42. The molecule has 1 N–H and O–H groups in total. The number of benzene rings is 1. The van der Waals surface area contributed by atoms with Crippen molar-refractivity contribution in [3.05, 3.63) is 59.7 Å². The molecule has 0 aliphatic rings. The lowest BCUT2D eigenvalue weighted by Gasteiger charge is -2.39. The van der Waals surface area contributed by atoms with Gasteiger partial charge in [0.1, 0.15) is 0 Å². The van der Waals surface area contributed by atoms with E-state index in [-0.39, 0.29) is 34.5 Å². The van der Waals surface area contributed by atoms with E-state index in [1.165, 1.54) is 6.08 Å². The van der Waals surface area contributed by atoms with Crippen LogP contribution in [0, 0.1) is 12.3 Å². The summed E-state index contributed by atoms with van der Waals surface area (Å²) in [5, 5.41) is 11.1. The number of terminal acetylenes is 1. The molecule has 0 heterocycles. The van der Waals surface area contributed by atoms with Crippen LogP contribution in [0.25, 0.3) is 0 Å². The van der Waals surface area contributed by atoms with Gasteiger partial charge in [-0.1, -0.05) is 84.0 Å². The lowest BCUT2D eigenvalue weighted by molar-refractivity contribution is -0.116. The average Bonchev–Trinajstić information content (AvgIpc) is 2.81. The zero-order valence-corrected chi connectivity index (χ0v) is 29.1. The van der Waals surface area contributed by atoms with Crippen molar-refractivity contribution >= 4 is 22.4 Å². The highest BCUT2D eigenvalue weighted by atomic mass is 28.4. The molecule has 6 heteroatoms. The topological polar surface area (TPSA) is 55.8 Å². The summed E-state index contributed by atoms with van der Waals surface area (Å²) in [7, 11) is -3.77. The van der Waals surface area contributed by atoms with Gasteiger partial charge in [-0.3, -0.25) is 4.79 Å². The Bertz CT molecular complexity index is 1040. The van der Waals surface area contributed by atoms with Crippen LogP contribution in [0.15, 0.2) is 48.6 Å². The van der Waals surface area contributed by atoms with E-state index in [0.717, 1.165) is 24.8 Å². The second kappa shape index (κ2) is 15.5. The maximum atomic E-state index is 12.5. The molecule has 0 aliphatic carbocycles. The highest BCUT2D eigenvalue weighted by Gasteiger charge is 2.40. The molecule has 0 bridgehead atoms. The minimum atomic E-state index is -2.04. The molecule has 3 atom stereocenters. The van der Waals surface area contributed by atoms with E-state index in [1.807, 2.05) is 30.3 Å². The molecule has 0 spiro atoms. The van der Waals surface area contributed by atoms with Crippen LogP contribution in [-0.4, -0.2) is 33.6 Å². The quantitative estimate of drug-likeness (QED) is 0.0733. The van der Waals surface area contributed by atoms with Crippen LogP contribution in [0.2, 0.25) is 36.3 Å². The van der Waals surface area contributed by atoms with Crippen LogP contribution in [-0.2, 0) is 13.6 Å². The summed E-state index contributed by atoms with van der Waals surface area (Å²) in [6.45, 7) is 24.6. The first-order chi connectivity index (χ1) is 18.3. The summed E-state index contributed by atoms with van der Waals surface area (Å²) in [5.74, 6) is 2.63. The molecule has 0 aromatic heterocycles. The summed E-state index contributed by atoms with van der Waals surface area (Å²) in [6.07, 6.45) is 15.6. The van der Waals surface area contributed by atoms with Gasteiger partial charge in [-0.15, -0.1) is 12.3 Å². The van der Waals surface area contributed by atoms with Gasteiger partial charge in [0.2, 0.25) is 0 Å². The van der Waals surface area contributed by atoms with Gasteiger partial charge in [-0.2, -0.15) is 0 Å². The van der Waals surface area contributed by atoms with Crippen LogP contribution < -0.4 is 0 Å². The van der Waals surface area contributed by atoms with Gasteiger partial charge in [0.25, 0.3) is 0 Å². The summed E-state index contributed by atoms with van der Waals surface area (Å²) in [4.78, 5) is 12.5. The molecule has 1 rings (SSSR count). The van der Waals surface area contributed by atoms with Crippen LogP contribution in [0.4, 0.5) is 0 Å². The largest absolute Gasteiger partial charge is 0.414 e. The summed E-state index contributed by atoms with van der Waals surface area (Å²) in [6, 6.07) is 7.65. The van der Waals surface area contributed by atoms with Gasteiger partial charge in [0.15, 0.2) is 22.4 Å². The number of unbranched alkanes of at least 4 members (excludes halogenated alkanes) is 1. The smallest absolute Gasteiger partial charge is 0.192 e. The highest BCUT2D eigenvalue weighted by Crippen LogP contribution is 2.41. The predicted octanol–water partition coefficient (Wildman–Crippen LogP) is 9.46. The Morgan fingerprint density at radius 3 is 2.15 bits per heavy atom. The van der Waals surface area contributed by atoms with Crippen molar-refractivity contribution in [2.75, 3.05) is 0 Å². The first-order valence-corrected chi connectivity index (χ1v) is 20.6. The Labute approximate surface area is 247 Å². The molecule has 0 unspecified atom stereocenters. The number of allylic oxidation sites excluding steroid dienone is 4. The molecule has 0 saturated carbocycles. The number of hydrogen-bond acceptors (Lipinski definition) is 4. The van der Waals surface area contributed by atoms with E-state index >= 15 is 0 Å². The molecule has 1 aromatic carbocycles. The van der Waals surface area contributed by atoms with Crippen molar-refractivity contribution in [1.29, 1.82) is 0 Å². The van der Waals surface area contributed by atoms with Crippen molar-refractivity contribution in [3.8, 4) is 12.3 Å². The second-order valence-corrected chi connectivity index (χ2v) is 23.6. The molecule has 0 amide bonds. The third kappa shape index (κ3) is 12.0. The average molecular weight is 585 g/mol. The number of ketones is 1. The van der Waals surface area contributed by atoms with Gasteiger partial charge in [0, 0.05) is 18.9 Å². The fourth-order valence-corrected chi connectivity index (χ4v) is 6.57. The molecule has 0 fully saturated rings. The maximum absolute atomic E-state index is 12.5. The first kappa shape index (κ1) is 36.3. The molecular formula is C34H56O4Si2. The fraction of sp³-hybridized carbons (Fsp3) is 0.618. The van der Waals surface area contributed by atoms with E-state index in [1.54, 1.807) is 6.08 Å². The van der Waals surface area contributed by atoms with Crippen molar-refractivity contribution in [1.82, 2.24) is 0 Å². The van der Waals surface area contributed by atoms with Gasteiger partial charge in [-0.05, 0) is 79.7 Å². The van der Waals surface area contributed by atoms with Gasteiger partial charge >= 0.3 is 0 Å². The monoisotopic (exact) mass is 584 g/mol. The van der Waals surface area contributed by atoms with Crippen molar-refractivity contribution in [3.63, 3.8) is 0 Å². The molecule has 40 heavy (non-hydrogen) atoms. The predicted molar refractivity (Wildman–Crippen MR) is 175 cm³/mol. The SMILES string of the molecule is C#CC[C@H](O[Si](C)(C)C(C)(C)C)c1cccc([C@H](O)CC(=O)/C=C/C=C/CCC[C@@H](C)O[Si](C)(C)C(C)(C)C)c1. The van der Waals surface area contributed by atoms with Crippen LogP contribution in [0.5, 0.6) is 0 Å². The van der Waals surface area contributed by atoms with E-state index in [9.17, 15) is 9.90 Å². The van der Waals surface area contributed by atoms with E-state index in [2.05, 4.69) is 86.7 Å². The van der Waals surface area contributed by atoms with Crippen molar-refractivity contribution < 1.29 is 18.8 Å². The van der Waals surface area contributed by atoms with Crippen LogP contribution in [0.1, 0.15) is 104 Å². The number of aliphatic hydroxyl groups is 1. The molecule has 0 radical (unpaired) electrons.